The smallest absolute Gasteiger partial charge is 0.187 e. The Morgan fingerprint density at radius 1 is 0.646 bits per heavy atom. The molecule has 9 rings (SSSR count). The van der Waals surface area contributed by atoms with E-state index in [1.807, 2.05) is 0 Å². The van der Waals surface area contributed by atoms with Gasteiger partial charge in [-0.1, -0.05) is 27.7 Å². The van der Waals surface area contributed by atoms with Crippen LogP contribution in [0.2, 0.25) is 0 Å². The molecule has 11 N–H and O–H groups in total. The lowest BCUT2D eigenvalue weighted by atomic mass is 9.41. The minimum atomic E-state index is -1.69. The first kappa shape index (κ1) is 49.3. The van der Waals surface area contributed by atoms with Crippen molar-refractivity contribution in [1.82, 2.24) is 0 Å². The fourth-order valence-electron chi connectivity index (χ4n) is 16.3. The van der Waals surface area contributed by atoms with Crippen molar-refractivity contribution in [3.05, 3.63) is 0 Å². The Labute approximate surface area is 381 Å². The molecule has 0 radical (unpaired) electrons. The number of aliphatic hydroxyl groups excluding tert-OH is 10. The number of fused-ring (bicyclic) bond motifs is 2. The van der Waals surface area contributed by atoms with Crippen molar-refractivity contribution >= 4 is 0 Å². The van der Waals surface area contributed by atoms with Gasteiger partial charge in [-0.15, -0.1) is 0 Å². The number of ether oxygens (including phenoxy) is 7. The average Bonchev–Trinajstić information content (AvgIpc) is 3.60. The van der Waals surface area contributed by atoms with Crippen molar-refractivity contribution in [3.63, 3.8) is 0 Å². The van der Waals surface area contributed by atoms with Gasteiger partial charge in [-0.3, -0.25) is 0 Å². The lowest BCUT2D eigenvalue weighted by molar-refractivity contribution is -0.366. The lowest BCUT2D eigenvalue weighted by Crippen LogP contribution is -2.66. The highest BCUT2D eigenvalue weighted by molar-refractivity contribution is 5.33. The zero-order chi connectivity index (χ0) is 47.4. The second-order valence-corrected chi connectivity index (χ2v) is 23.8. The van der Waals surface area contributed by atoms with E-state index in [2.05, 4.69) is 34.6 Å². The van der Waals surface area contributed by atoms with Crippen LogP contribution in [0.4, 0.5) is 0 Å². The van der Waals surface area contributed by atoms with Gasteiger partial charge in [-0.2, -0.15) is 0 Å². The van der Waals surface area contributed by atoms with Gasteiger partial charge in [0.15, 0.2) is 18.9 Å². The van der Waals surface area contributed by atoms with Crippen LogP contribution in [0.5, 0.6) is 0 Å². The van der Waals surface area contributed by atoms with E-state index >= 15 is 0 Å². The quantitative estimate of drug-likeness (QED) is 0.131. The van der Waals surface area contributed by atoms with Crippen LogP contribution in [0.25, 0.3) is 0 Å². The summed E-state index contributed by atoms with van der Waals surface area (Å²) in [5.74, 6) is -0.425. The molecule has 0 aromatic heterocycles. The molecular formula is C47H78O18. The number of aliphatic hydroxyl groups is 11. The number of hydrogen-bond donors (Lipinski definition) is 11. The first-order valence-electron chi connectivity index (χ1n) is 24.2. The maximum atomic E-state index is 12.3. The van der Waals surface area contributed by atoms with E-state index in [0.717, 1.165) is 19.3 Å². The summed E-state index contributed by atoms with van der Waals surface area (Å²) in [6.07, 6.45) is -16.0. The van der Waals surface area contributed by atoms with Gasteiger partial charge in [-0.25, -0.2) is 0 Å². The van der Waals surface area contributed by atoms with Crippen LogP contribution < -0.4 is 0 Å². The van der Waals surface area contributed by atoms with Gasteiger partial charge < -0.3 is 89.3 Å². The fourth-order valence-corrected chi connectivity index (χ4v) is 16.3. The molecular weight excluding hydrogens is 852 g/mol. The maximum absolute atomic E-state index is 12.3. The first-order valence-corrected chi connectivity index (χ1v) is 24.2. The maximum Gasteiger partial charge on any atom is 0.187 e. The van der Waals surface area contributed by atoms with Crippen molar-refractivity contribution in [1.29, 1.82) is 0 Å². The predicted octanol–water partition coefficient (Wildman–Crippen LogP) is -0.424. The Hall–Kier alpha value is -0.720. The molecule has 9 fully saturated rings. The number of rotatable bonds is 9. The van der Waals surface area contributed by atoms with Crippen molar-refractivity contribution in [2.75, 3.05) is 13.2 Å². The van der Waals surface area contributed by atoms with Crippen molar-refractivity contribution in [3.8, 4) is 0 Å². The Balaban J connectivity index is 1.04. The van der Waals surface area contributed by atoms with E-state index in [-0.39, 0.29) is 46.7 Å². The monoisotopic (exact) mass is 931 g/mol. The summed E-state index contributed by atoms with van der Waals surface area (Å²) < 4.78 is 44.5. The largest absolute Gasteiger partial charge is 0.394 e. The highest BCUT2D eigenvalue weighted by atomic mass is 16.8. The van der Waals surface area contributed by atoms with E-state index in [9.17, 15) is 56.2 Å². The van der Waals surface area contributed by atoms with E-state index in [1.165, 1.54) is 6.92 Å². The van der Waals surface area contributed by atoms with Gasteiger partial charge in [0.25, 0.3) is 0 Å². The first-order chi connectivity index (χ1) is 30.2. The second kappa shape index (κ2) is 16.4. The standard InChI is InChI=1S/C47H78O18/c1-20-28(51)31(54)33(56)38(60-20)64-35-29(52)22(50)18-59-40(35)63-26-10-12-47-19-46(47)14-13-43(6)36(45(8)11-9-27(65-45)42(4,5)58)21(49)16-44(43,7)25(46)15-23(37(47)41(26,2)3)61-39-34(57)32(55)30(53)24(17-48)62-39/h20-40,48-58H,9-19H2,1-8H3. The summed E-state index contributed by atoms with van der Waals surface area (Å²) in [6.45, 7) is 15.1. The van der Waals surface area contributed by atoms with E-state index in [0.29, 0.717) is 38.5 Å². The van der Waals surface area contributed by atoms with Gasteiger partial charge >= 0.3 is 0 Å². The topological polar surface area (TPSA) is 287 Å². The molecule has 26 unspecified atom stereocenters. The molecule has 9 aliphatic rings. The van der Waals surface area contributed by atoms with Gasteiger partial charge in [-0.05, 0) is 124 Å². The van der Waals surface area contributed by atoms with Gasteiger partial charge in [0, 0.05) is 5.92 Å². The minimum absolute atomic E-state index is 0.0390. The molecule has 374 valence electrons. The third-order valence-corrected chi connectivity index (χ3v) is 19.7. The zero-order valence-electron chi connectivity index (χ0n) is 39.2. The van der Waals surface area contributed by atoms with E-state index < -0.39 is 133 Å². The minimum Gasteiger partial charge on any atom is -0.394 e. The molecule has 2 spiro atoms. The molecule has 65 heavy (non-hydrogen) atoms. The molecule has 5 aliphatic carbocycles. The number of hydrogen-bond acceptors (Lipinski definition) is 18. The van der Waals surface area contributed by atoms with E-state index in [1.54, 1.807) is 13.8 Å². The molecule has 5 saturated carbocycles. The summed E-state index contributed by atoms with van der Waals surface area (Å²) in [5.41, 5.74) is -3.65. The summed E-state index contributed by atoms with van der Waals surface area (Å²) in [4.78, 5) is 0. The molecule has 0 aromatic carbocycles. The van der Waals surface area contributed by atoms with Crippen LogP contribution in [0, 0.1) is 44.8 Å². The fraction of sp³-hybridized carbons (Fsp3) is 1.00. The molecule has 26 atom stereocenters. The summed E-state index contributed by atoms with van der Waals surface area (Å²) >= 11 is 0. The molecule has 0 bridgehead atoms. The second-order valence-electron chi connectivity index (χ2n) is 23.8. The molecule has 18 heteroatoms. The Morgan fingerprint density at radius 2 is 1.31 bits per heavy atom. The summed E-state index contributed by atoms with van der Waals surface area (Å²) in [5, 5.41) is 120. The lowest BCUT2D eigenvalue weighted by Gasteiger charge is -2.65. The molecule has 18 nitrogen and oxygen atoms in total. The zero-order valence-corrected chi connectivity index (χ0v) is 39.2. The SMILES string of the molecule is CC1OC(OC2C(OC3CCC45CC46CCC4(C)C(C7(C)CCC(C(C)(C)O)O7)C(O)CC4(C)C6CC(OC4OC(CO)C(O)C(O)C4O)C5C3(C)C)OCC(O)C2O)C(O)C(O)C1O. The van der Waals surface area contributed by atoms with Crippen LogP contribution in [0.1, 0.15) is 113 Å². The van der Waals surface area contributed by atoms with Crippen LogP contribution in [0.3, 0.4) is 0 Å². The van der Waals surface area contributed by atoms with Crippen LogP contribution in [-0.4, -0.2) is 191 Å². The predicted molar refractivity (Wildman–Crippen MR) is 225 cm³/mol. The average molecular weight is 931 g/mol. The normalized spacial score (nSPS) is 58.7. The molecule has 0 amide bonds. The van der Waals surface area contributed by atoms with Crippen molar-refractivity contribution in [2.24, 2.45) is 44.8 Å². The molecule has 4 heterocycles. The third kappa shape index (κ3) is 7.23. The molecule has 0 aromatic rings. The third-order valence-electron chi connectivity index (χ3n) is 19.7. The van der Waals surface area contributed by atoms with Gasteiger partial charge in [0.1, 0.15) is 61.0 Å². The van der Waals surface area contributed by atoms with E-state index in [4.69, 9.17) is 33.2 Å². The Kier molecular flexibility index (Phi) is 12.4. The Morgan fingerprint density at radius 3 is 1.95 bits per heavy atom. The van der Waals surface area contributed by atoms with Crippen LogP contribution in [-0.2, 0) is 33.2 Å². The van der Waals surface area contributed by atoms with Crippen LogP contribution >= 0.6 is 0 Å². The molecule has 4 aliphatic heterocycles. The highest BCUT2D eigenvalue weighted by Crippen LogP contribution is 2.89. The van der Waals surface area contributed by atoms with Crippen molar-refractivity contribution in [2.45, 2.75) is 235 Å². The van der Waals surface area contributed by atoms with Gasteiger partial charge in [0.2, 0.25) is 0 Å². The molecule has 4 saturated heterocycles. The van der Waals surface area contributed by atoms with Crippen LogP contribution in [0.15, 0.2) is 0 Å². The van der Waals surface area contributed by atoms with Crippen molar-refractivity contribution < 1.29 is 89.3 Å². The highest BCUT2D eigenvalue weighted by Gasteiger charge is 2.85. The Bertz CT molecular complexity index is 1750. The summed E-state index contributed by atoms with van der Waals surface area (Å²) in [6, 6.07) is 0. The van der Waals surface area contributed by atoms with Gasteiger partial charge in [0.05, 0.1) is 54.9 Å². The summed E-state index contributed by atoms with van der Waals surface area (Å²) in [7, 11) is 0.